The smallest absolute Gasteiger partial charge is 0.331 e. The van der Waals surface area contributed by atoms with Gasteiger partial charge in [-0.3, -0.25) is 0 Å². The third-order valence-electron chi connectivity index (χ3n) is 2.64. The molecule has 0 saturated heterocycles. The Bertz CT molecular complexity index is 328. The van der Waals surface area contributed by atoms with Gasteiger partial charge in [0.05, 0.1) is 0 Å². The van der Waals surface area contributed by atoms with Crippen LogP contribution in [0.25, 0.3) is 0 Å². The molecule has 0 bridgehead atoms. The fourth-order valence-corrected chi connectivity index (χ4v) is 1.50. The topological polar surface area (TPSA) is 74.6 Å². The first-order valence-electron chi connectivity index (χ1n) is 5.80. The molecular weight excluding hydrogens is 220 g/mol. The normalized spacial score (nSPS) is 13.2. The predicted octanol–water partition coefficient (Wildman–Crippen LogP) is 2.85. The second-order valence-electron chi connectivity index (χ2n) is 3.95. The highest BCUT2D eigenvalue weighted by Gasteiger charge is 2.17. The van der Waals surface area contributed by atoms with Crippen LogP contribution in [0.4, 0.5) is 0 Å². The zero-order valence-corrected chi connectivity index (χ0v) is 10.4. The molecule has 0 aliphatic rings. The minimum Gasteiger partial charge on any atom is -0.478 e. The van der Waals surface area contributed by atoms with Crippen LogP contribution in [-0.4, -0.2) is 22.2 Å². The lowest BCUT2D eigenvalue weighted by atomic mass is 9.93. The van der Waals surface area contributed by atoms with E-state index in [1.807, 2.05) is 13.8 Å². The molecule has 0 aromatic heterocycles. The Morgan fingerprint density at radius 1 is 1.24 bits per heavy atom. The van der Waals surface area contributed by atoms with Crippen molar-refractivity contribution < 1.29 is 19.8 Å². The van der Waals surface area contributed by atoms with Crippen molar-refractivity contribution in [2.24, 2.45) is 5.92 Å². The van der Waals surface area contributed by atoms with Crippen molar-refractivity contribution in [2.45, 2.75) is 39.5 Å². The van der Waals surface area contributed by atoms with Crippen molar-refractivity contribution in [3.63, 3.8) is 0 Å². The number of carboxylic acid groups (broad SMARTS) is 2. The summed E-state index contributed by atoms with van der Waals surface area (Å²) < 4.78 is 0. The molecule has 0 aliphatic heterocycles. The summed E-state index contributed by atoms with van der Waals surface area (Å²) >= 11 is 0. The highest BCUT2D eigenvalue weighted by atomic mass is 16.4. The molecule has 2 N–H and O–H groups in total. The van der Waals surface area contributed by atoms with E-state index in [1.165, 1.54) is 6.08 Å². The SMILES string of the molecule is C=C(C(=O)O)C(C=C(CCCC)C(=O)O)CC. The summed E-state index contributed by atoms with van der Waals surface area (Å²) in [4.78, 5) is 21.8. The first-order valence-corrected chi connectivity index (χ1v) is 5.80. The first kappa shape index (κ1) is 15.4. The van der Waals surface area contributed by atoms with Crippen LogP contribution in [0.2, 0.25) is 0 Å². The van der Waals surface area contributed by atoms with Gasteiger partial charge in [0.25, 0.3) is 0 Å². The lowest BCUT2D eigenvalue weighted by Crippen LogP contribution is -2.11. The first-order chi connectivity index (χ1) is 7.93. The summed E-state index contributed by atoms with van der Waals surface area (Å²) in [5, 5.41) is 17.9. The summed E-state index contributed by atoms with van der Waals surface area (Å²) in [5.41, 5.74) is 0.323. The van der Waals surface area contributed by atoms with E-state index in [2.05, 4.69) is 6.58 Å². The fraction of sp³-hybridized carbons (Fsp3) is 0.538. The van der Waals surface area contributed by atoms with Crippen LogP contribution >= 0.6 is 0 Å². The number of allylic oxidation sites excluding steroid dienone is 1. The largest absolute Gasteiger partial charge is 0.478 e. The highest BCUT2D eigenvalue weighted by molar-refractivity contribution is 5.89. The average molecular weight is 240 g/mol. The maximum Gasteiger partial charge on any atom is 0.331 e. The molecule has 4 heteroatoms. The molecule has 0 rings (SSSR count). The highest BCUT2D eigenvalue weighted by Crippen LogP contribution is 2.20. The van der Waals surface area contributed by atoms with E-state index in [-0.39, 0.29) is 11.1 Å². The molecule has 1 unspecified atom stereocenters. The molecule has 0 saturated carbocycles. The molecule has 0 amide bonds. The maximum atomic E-state index is 11.0. The molecular formula is C13H20O4. The van der Waals surface area contributed by atoms with Gasteiger partial charge in [0.15, 0.2) is 0 Å². The van der Waals surface area contributed by atoms with Gasteiger partial charge < -0.3 is 10.2 Å². The van der Waals surface area contributed by atoms with Crippen molar-refractivity contribution in [1.29, 1.82) is 0 Å². The summed E-state index contributed by atoms with van der Waals surface area (Å²) in [7, 11) is 0. The molecule has 17 heavy (non-hydrogen) atoms. The third kappa shape index (κ3) is 5.33. The summed E-state index contributed by atoms with van der Waals surface area (Å²) in [6.45, 7) is 7.27. The molecule has 0 radical (unpaired) electrons. The van der Waals surface area contributed by atoms with E-state index in [0.29, 0.717) is 12.8 Å². The quantitative estimate of drug-likeness (QED) is 0.640. The lowest BCUT2D eigenvalue weighted by Gasteiger charge is -2.11. The number of unbranched alkanes of at least 4 members (excludes halogenated alkanes) is 1. The van der Waals surface area contributed by atoms with Gasteiger partial charge in [0, 0.05) is 17.1 Å². The molecule has 0 aromatic rings. The summed E-state index contributed by atoms with van der Waals surface area (Å²) in [6.07, 6.45) is 4.22. The molecule has 1 atom stereocenters. The van der Waals surface area contributed by atoms with Crippen molar-refractivity contribution in [3.8, 4) is 0 Å². The molecule has 4 nitrogen and oxygen atoms in total. The molecule has 0 aliphatic carbocycles. The molecule has 0 fully saturated rings. The van der Waals surface area contributed by atoms with Crippen molar-refractivity contribution in [3.05, 3.63) is 23.8 Å². The van der Waals surface area contributed by atoms with E-state index in [1.54, 1.807) is 0 Å². The number of carbonyl (C=O) groups is 2. The number of hydrogen-bond donors (Lipinski definition) is 2. The van der Waals surface area contributed by atoms with Crippen molar-refractivity contribution in [1.82, 2.24) is 0 Å². The van der Waals surface area contributed by atoms with Crippen LogP contribution < -0.4 is 0 Å². The van der Waals surface area contributed by atoms with Crippen LogP contribution in [-0.2, 0) is 9.59 Å². The minimum absolute atomic E-state index is 0.0442. The second-order valence-corrected chi connectivity index (χ2v) is 3.95. The summed E-state index contributed by atoms with van der Waals surface area (Å²) in [5.74, 6) is -2.46. The average Bonchev–Trinajstić information content (AvgIpc) is 2.28. The molecule has 0 spiro atoms. The van der Waals surface area contributed by atoms with E-state index in [4.69, 9.17) is 10.2 Å². The monoisotopic (exact) mass is 240 g/mol. The van der Waals surface area contributed by atoms with Crippen molar-refractivity contribution in [2.75, 3.05) is 0 Å². The van der Waals surface area contributed by atoms with Gasteiger partial charge in [-0.2, -0.15) is 0 Å². The van der Waals surface area contributed by atoms with Crippen LogP contribution in [0.15, 0.2) is 23.8 Å². The Labute approximate surface area is 102 Å². The number of rotatable bonds is 8. The van der Waals surface area contributed by atoms with Gasteiger partial charge in [-0.05, 0) is 19.3 Å². The predicted molar refractivity (Wildman–Crippen MR) is 65.8 cm³/mol. The Balaban J connectivity index is 4.91. The van der Waals surface area contributed by atoms with Gasteiger partial charge in [0.1, 0.15) is 0 Å². The van der Waals surface area contributed by atoms with Gasteiger partial charge in [0.2, 0.25) is 0 Å². The Kier molecular flexibility index (Phi) is 6.94. The zero-order chi connectivity index (χ0) is 13.4. The third-order valence-corrected chi connectivity index (χ3v) is 2.64. The lowest BCUT2D eigenvalue weighted by molar-refractivity contribution is -0.134. The number of hydrogen-bond acceptors (Lipinski definition) is 2. The minimum atomic E-state index is -1.08. The fourth-order valence-electron chi connectivity index (χ4n) is 1.50. The Morgan fingerprint density at radius 2 is 1.82 bits per heavy atom. The van der Waals surface area contributed by atoms with E-state index < -0.39 is 17.9 Å². The molecule has 96 valence electrons. The standard InChI is InChI=1S/C13H20O4/c1-4-6-7-11(13(16)17)8-10(5-2)9(3)12(14)15/h8,10H,3-7H2,1-2H3,(H,14,15)(H,16,17). The van der Waals surface area contributed by atoms with E-state index in [9.17, 15) is 9.59 Å². The van der Waals surface area contributed by atoms with Gasteiger partial charge in [-0.15, -0.1) is 0 Å². The van der Waals surface area contributed by atoms with Crippen LogP contribution in [0.3, 0.4) is 0 Å². The maximum absolute atomic E-state index is 11.0. The second kappa shape index (κ2) is 7.65. The zero-order valence-electron chi connectivity index (χ0n) is 10.4. The van der Waals surface area contributed by atoms with Crippen LogP contribution in [0.1, 0.15) is 39.5 Å². The van der Waals surface area contributed by atoms with Crippen LogP contribution in [0, 0.1) is 5.92 Å². The Morgan fingerprint density at radius 3 is 2.18 bits per heavy atom. The van der Waals surface area contributed by atoms with E-state index in [0.717, 1.165) is 12.8 Å². The van der Waals surface area contributed by atoms with Crippen molar-refractivity contribution >= 4 is 11.9 Å². The van der Waals surface area contributed by atoms with Gasteiger partial charge in [-0.1, -0.05) is 32.9 Å². The van der Waals surface area contributed by atoms with E-state index >= 15 is 0 Å². The van der Waals surface area contributed by atoms with Gasteiger partial charge in [-0.25, -0.2) is 9.59 Å². The molecule has 0 heterocycles. The number of aliphatic carboxylic acids is 2. The van der Waals surface area contributed by atoms with Gasteiger partial charge >= 0.3 is 11.9 Å². The number of carboxylic acids is 2. The molecule has 0 aromatic carbocycles. The summed E-state index contributed by atoms with van der Waals surface area (Å²) in [6, 6.07) is 0. The van der Waals surface area contributed by atoms with Crippen LogP contribution in [0.5, 0.6) is 0 Å². The Hall–Kier alpha value is -1.58.